The van der Waals surface area contributed by atoms with Crippen LogP contribution in [0.4, 0.5) is 5.69 Å². The first-order chi connectivity index (χ1) is 13.0. The summed E-state index contributed by atoms with van der Waals surface area (Å²) in [5.74, 6) is 0. The molecule has 2 aliphatic rings. The van der Waals surface area contributed by atoms with Gasteiger partial charge < -0.3 is 9.64 Å². The Morgan fingerprint density at radius 1 is 1.22 bits per heavy atom. The first kappa shape index (κ1) is 19.9. The summed E-state index contributed by atoms with van der Waals surface area (Å²) in [7, 11) is 0. The van der Waals surface area contributed by atoms with E-state index in [9.17, 15) is 0 Å². The number of aliphatic imine (C=N–C) groups is 1. The Kier molecular flexibility index (Phi) is 6.87. The van der Waals surface area contributed by atoms with Crippen molar-refractivity contribution in [2.24, 2.45) is 20.6 Å². The lowest BCUT2D eigenvalue weighted by molar-refractivity contribution is 0.122. The van der Waals surface area contributed by atoms with Gasteiger partial charge in [-0.05, 0) is 37.5 Å². The van der Waals surface area contributed by atoms with Gasteiger partial charge in [-0.3, -0.25) is 4.99 Å². The summed E-state index contributed by atoms with van der Waals surface area (Å²) in [6.45, 7) is 8.51. The predicted molar refractivity (Wildman–Crippen MR) is 113 cm³/mol. The molecule has 0 amide bonds. The molecule has 27 heavy (non-hydrogen) atoms. The van der Waals surface area contributed by atoms with Crippen molar-refractivity contribution in [3.05, 3.63) is 29.8 Å². The van der Waals surface area contributed by atoms with Crippen molar-refractivity contribution in [2.45, 2.75) is 39.5 Å². The van der Waals surface area contributed by atoms with Gasteiger partial charge in [0, 0.05) is 49.0 Å². The molecule has 0 bridgehead atoms. The number of nitrogens with zero attached hydrogens (tertiary/aromatic N) is 4. The van der Waals surface area contributed by atoms with E-state index >= 15 is 0 Å². The molecule has 5 nitrogen and oxygen atoms in total. The predicted octanol–water partition coefficient (Wildman–Crippen LogP) is 4.14. The van der Waals surface area contributed by atoms with E-state index in [2.05, 4.69) is 52.1 Å². The number of hydrogen-bond acceptors (Lipinski definition) is 5. The number of rotatable bonds is 6. The molecule has 1 aromatic carbocycles. The molecule has 0 saturated carbocycles. The van der Waals surface area contributed by atoms with Crippen LogP contribution in [-0.4, -0.2) is 49.9 Å². The Morgan fingerprint density at radius 2 is 2.04 bits per heavy atom. The summed E-state index contributed by atoms with van der Waals surface area (Å²) in [6.07, 6.45) is 5.57. The van der Waals surface area contributed by atoms with Crippen molar-refractivity contribution in [3.8, 4) is 0 Å². The zero-order chi connectivity index (χ0) is 19.1. The van der Waals surface area contributed by atoms with Crippen LogP contribution in [0, 0.1) is 17.5 Å². The second-order valence-electron chi connectivity index (χ2n) is 7.57. The smallest absolute Gasteiger partial charge is 0.128 e. The highest BCUT2D eigenvalue weighted by Crippen LogP contribution is 2.27. The Labute approximate surface area is 167 Å². The van der Waals surface area contributed by atoms with Crippen molar-refractivity contribution < 1.29 is 4.74 Å². The lowest BCUT2D eigenvalue weighted by Crippen LogP contribution is -2.36. The van der Waals surface area contributed by atoms with Gasteiger partial charge in [-0.2, -0.15) is 5.10 Å². The summed E-state index contributed by atoms with van der Waals surface area (Å²) in [5, 5.41) is 9.07. The van der Waals surface area contributed by atoms with E-state index in [1.54, 1.807) is 0 Å². The van der Waals surface area contributed by atoms with Gasteiger partial charge in [0.2, 0.25) is 0 Å². The highest BCUT2D eigenvalue weighted by atomic mass is 35.5. The van der Waals surface area contributed by atoms with Crippen LogP contribution in [0.1, 0.15) is 45.1 Å². The Bertz CT molecular complexity index is 703. The average molecular weight is 387 g/mol. The summed E-state index contributed by atoms with van der Waals surface area (Å²) < 4.78 is 5.38. The molecule has 1 saturated heterocycles. The minimum absolute atomic E-state index is 0.0294. The third-order valence-corrected chi connectivity index (χ3v) is 5.33. The summed E-state index contributed by atoms with van der Waals surface area (Å²) >= 11 is 6.00. The van der Waals surface area contributed by atoms with E-state index in [1.165, 1.54) is 0 Å². The second kappa shape index (κ2) is 9.34. The number of anilines is 1. The number of morpholine rings is 1. The molecule has 144 valence electrons. The maximum absolute atomic E-state index is 6.00. The van der Waals surface area contributed by atoms with Gasteiger partial charge in [0.25, 0.3) is 0 Å². The van der Waals surface area contributed by atoms with Gasteiger partial charge in [-0.1, -0.05) is 31.5 Å². The van der Waals surface area contributed by atoms with Crippen LogP contribution in [0.25, 0.3) is 0 Å². The number of halogens is 1. The molecule has 0 aliphatic carbocycles. The van der Waals surface area contributed by atoms with Gasteiger partial charge in [-0.15, -0.1) is 5.10 Å². The lowest BCUT2D eigenvalue weighted by atomic mass is 9.81. The molecule has 2 heterocycles. The topological polar surface area (TPSA) is 49.5 Å². The summed E-state index contributed by atoms with van der Waals surface area (Å²) in [4.78, 5) is 6.84. The molecule has 2 aliphatic heterocycles. The Balaban J connectivity index is 1.51. The zero-order valence-electron chi connectivity index (χ0n) is 16.2. The molecular formula is C21H27ClN4O. The van der Waals surface area contributed by atoms with Crippen molar-refractivity contribution >= 4 is 34.4 Å². The van der Waals surface area contributed by atoms with Crippen molar-refractivity contribution in [1.29, 1.82) is 0 Å². The maximum Gasteiger partial charge on any atom is 0.128 e. The van der Waals surface area contributed by atoms with Gasteiger partial charge in [0.05, 0.1) is 18.9 Å². The monoisotopic (exact) mass is 386 g/mol. The third kappa shape index (κ3) is 5.79. The second-order valence-corrected chi connectivity index (χ2v) is 8.01. The lowest BCUT2D eigenvalue weighted by Gasteiger charge is -2.27. The minimum atomic E-state index is -0.0294. The van der Waals surface area contributed by atoms with Crippen LogP contribution in [0.3, 0.4) is 0 Å². The number of hydrogen-bond donors (Lipinski definition) is 0. The van der Waals surface area contributed by atoms with Crippen molar-refractivity contribution in [1.82, 2.24) is 0 Å². The van der Waals surface area contributed by atoms with Gasteiger partial charge in [0.1, 0.15) is 5.17 Å². The number of ether oxygens (including phenoxy) is 1. The zero-order valence-corrected chi connectivity index (χ0v) is 16.9. The highest BCUT2D eigenvalue weighted by Gasteiger charge is 2.25. The van der Waals surface area contributed by atoms with Crippen LogP contribution < -0.4 is 4.90 Å². The van der Waals surface area contributed by atoms with E-state index < -0.39 is 0 Å². The van der Waals surface area contributed by atoms with Crippen molar-refractivity contribution in [2.75, 3.05) is 37.7 Å². The van der Waals surface area contributed by atoms with E-state index in [4.69, 9.17) is 16.3 Å². The Morgan fingerprint density at radius 3 is 2.78 bits per heavy atom. The molecule has 0 aromatic heterocycles. The third-order valence-electron chi connectivity index (χ3n) is 5.06. The largest absolute Gasteiger partial charge is 0.378 e. The minimum Gasteiger partial charge on any atom is -0.378 e. The van der Waals surface area contributed by atoms with Gasteiger partial charge >= 0.3 is 0 Å². The quantitative estimate of drug-likeness (QED) is 0.690. The van der Waals surface area contributed by atoms with Crippen LogP contribution in [0.15, 0.2) is 27.3 Å². The standard InChI is InChI=1S/C21H27ClN4O/c1-21(2,19-4-3-5-20(22)25-24-19)10-11-23-16-17-6-8-18(9-7-17)26-12-14-27-15-13-26/h6,8,16H,3-5,10-15H2,1-2H3. The van der Waals surface area contributed by atoms with Gasteiger partial charge in [0.15, 0.2) is 0 Å². The fraction of sp³-hybridized carbons (Fsp3) is 0.571. The molecule has 0 unspecified atom stereocenters. The molecule has 0 atom stereocenters. The molecule has 0 N–H and O–H groups in total. The molecule has 1 aromatic rings. The molecule has 0 radical (unpaired) electrons. The van der Waals surface area contributed by atoms with E-state index in [1.807, 2.05) is 12.3 Å². The van der Waals surface area contributed by atoms with Crippen LogP contribution in [0.2, 0.25) is 0 Å². The molecule has 1 fully saturated rings. The fourth-order valence-corrected chi connectivity index (χ4v) is 3.37. The van der Waals surface area contributed by atoms with Crippen LogP contribution in [-0.2, 0) is 4.74 Å². The SMILES string of the molecule is CC(C)(CCN=Cc1c#cc(N2CCOCC2)cc1)C1=NN=C(Cl)CCC1. The molecule has 6 heteroatoms. The maximum atomic E-state index is 6.00. The normalized spacial score (nSPS) is 18.7. The van der Waals surface area contributed by atoms with Crippen LogP contribution in [0.5, 0.6) is 0 Å². The fourth-order valence-electron chi connectivity index (χ4n) is 3.19. The molecular weight excluding hydrogens is 360 g/mol. The van der Waals surface area contributed by atoms with E-state index in [0.29, 0.717) is 5.17 Å². The van der Waals surface area contributed by atoms with Crippen LogP contribution >= 0.6 is 11.6 Å². The van der Waals surface area contributed by atoms with Crippen molar-refractivity contribution in [3.63, 3.8) is 0 Å². The Hall–Kier alpha value is -1.90. The highest BCUT2D eigenvalue weighted by molar-refractivity contribution is 6.65. The first-order valence-corrected chi connectivity index (χ1v) is 9.98. The molecule has 3 rings (SSSR count). The summed E-state index contributed by atoms with van der Waals surface area (Å²) in [6, 6.07) is 10.6. The van der Waals surface area contributed by atoms with E-state index in [0.717, 1.165) is 75.5 Å². The first-order valence-electron chi connectivity index (χ1n) is 9.60. The summed E-state index contributed by atoms with van der Waals surface area (Å²) in [5.41, 5.74) is 3.11. The average Bonchev–Trinajstić information content (AvgIpc) is 2.91. The molecule has 0 spiro atoms. The van der Waals surface area contributed by atoms with Gasteiger partial charge in [-0.25, -0.2) is 0 Å². The van der Waals surface area contributed by atoms with E-state index in [-0.39, 0.29) is 5.41 Å².